The molecular weight excluding hydrogens is 266 g/mol. The van der Waals surface area contributed by atoms with Crippen molar-refractivity contribution in [2.75, 3.05) is 6.79 Å². The second-order valence-corrected chi connectivity index (χ2v) is 4.94. The molecule has 104 valence electrons. The number of benzene rings is 2. The van der Waals surface area contributed by atoms with E-state index in [2.05, 4.69) is 4.98 Å². The molecule has 1 unspecified atom stereocenters. The van der Waals surface area contributed by atoms with Crippen molar-refractivity contribution in [3.8, 4) is 11.5 Å². The van der Waals surface area contributed by atoms with Crippen LogP contribution in [0.5, 0.6) is 11.5 Å². The maximum Gasteiger partial charge on any atom is 0.231 e. The zero-order valence-corrected chi connectivity index (χ0v) is 11.2. The van der Waals surface area contributed by atoms with Crippen molar-refractivity contribution in [3.05, 3.63) is 66.0 Å². The number of pyridine rings is 1. The van der Waals surface area contributed by atoms with E-state index in [4.69, 9.17) is 9.47 Å². The molecule has 0 aliphatic carbocycles. The molecule has 0 amide bonds. The first-order chi connectivity index (χ1) is 10.3. The highest BCUT2D eigenvalue weighted by Crippen LogP contribution is 2.38. The third kappa shape index (κ3) is 2.00. The number of hydrogen-bond donors (Lipinski definition) is 1. The van der Waals surface area contributed by atoms with E-state index in [9.17, 15) is 5.11 Å². The normalized spacial score (nSPS) is 14.3. The third-order valence-electron chi connectivity index (χ3n) is 3.66. The van der Waals surface area contributed by atoms with E-state index in [-0.39, 0.29) is 6.79 Å². The number of rotatable bonds is 2. The molecular formula is C17H13NO3. The third-order valence-corrected chi connectivity index (χ3v) is 3.66. The van der Waals surface area contributed by atoms with Gasteiger partial charge in [-0.1, -0.05) is 30.3 Å². The lowest BCUT2D eigenvalue weighted by molar-refractivity contribution is 0.174. The Bertz CT molecular complexity index is 802. The van der Waals surface area contributed by atoms with E-state index in [1.165, 1.54) is 0 Å². The van der Waals surface area contributed by atoms with Gasteiger partial charge in [-0.25, -0.2) is 0 Å². The first-order valence-electron chi connectivity index (χ1n) is 6.74. The minimum atomic E-state index is -0.768. The molecule has 3 aromatic rings. The van der Waals surface area contributed by atoms with Crippen LogP contribution in [0.2, 0.25) is 0 Å². The van der Waals surface area contributed by atoms with Gasteiger partial charge in [0, 0.05) is 11.6 Å². The molecule has 0 saturated heterocycles. The molecule has 0 radical (unpaired) electrons. The summed E-state index contributed by atoms with van der Waals surface area (Å²) in [6.45, 7) is 0.232. The van der Waals surface area contributed by atoms with Crippen molar-refractivity contribution in [1.29, 1.82) is 0 Å². The number of nitrogens with zero attached hydrogens (tertiary/aromatic N) is 1. The molecule has 0 saturated carbocycles. The van der Waals surface area contributed by atoms with Crippen LogP contribution in [0.15, 0.2) is 54.7 Å². The van der Waals surface area contributed by atoms with E-state index in [1.54, 1.807) is 6.20 Å². The van der Waals surface area contributed by atoms with Gasteiger partial charge in [-0.15, -0.1) is 0 Å². The number of aliphatic hydroxyl groups is 1. The summed E-state index contributed by atoms with van der Waals surface area (Å²) in [4.78, 5) is 4.36. The Labute approximate surface area is 121 Å². The van der Waals surface area contributed by atoms with Crippen LogP contribution in [-0.2, 0) is 0 Å². The molecule has 1 aliphatic rings. The second-order valence-electron chi connectivity index (χ2n) is 4.94. The smallest absolute Gasteiger partial charge is 0.231 e. The quantitative estimate of drug-likeness (QED) is 0.783. The number of aliphatic hydroxyl groups excluding tert-OH is 1. The Morgan fingerprint density at radius 2 is 1.76 bits per heavy atom. The van der Waals surface area contributed by atoms with Gasteiger partial charge >= 0.3 is 0 Å². The van der Waals surface area contributed by atoms with Crippen LogP contribution in [0.1, 0.15) is 17.4 Å². The SMILES string of the molecule is OC(c1ccccc1)c1nccc2cc3c(cc12)OCO3. The molecule has 4 rings (SSSR count). The van der Waals surface area contributed by atoms with Crippen molar-refractivity contribution in [2.24, 2.45) is 0 Å². The zero-order valence-electron chi connectivity index (χ0n) is 11.2. The van der Waals surface area contributed by atoms with Gasteiger partial charge in [0.05, 0.1) is 5.69 Å². The van der Waals surface area contributed by atoms with Crippen molar-refractivity contribution < 1.29 is 14.6 Å². The largest absolute Gasteiger partial charge is 0.454 e. The lowest BCUT2D eigenvalue weighted by atomic mass is 10.0. The molecule has 1 aromatic heterocycles. The summed E-state index contributed by atoms with van der Waals surface area (Å²) in [7, 11) is 0. The predicted molar refractivity (Wildman–Crippen MR) is 78.4 cm³/mol. The van der Waals surface area contributed by atoms with Crippen LogP contribution in [0.4, 0.5) is 0 Å². The Morgan fingerprint density at radius 3 is 2.57 bits per heavy atom. The van der Waals surface area contributed by atoms with E-state index >= 15 is 0 Å². The molecule has 21 heavy (non-hydrogen) atoms. The van der Waals surface area contributed by atoms with Gasteiger partial charge in [-0.2, -0.15) is 0 Å². The molecule has 1 N–H and O–H groups in total. The van der Waals surface area contributed by atoms with Crippen molar-refractivity contribution >= 4 is 10.8 Å². The highest BCUT2D eigenvalue weighted by Gasteiger charge is 2.19. The lowest BCUT2D eigenvalue weighted by Crippen LogP contribution is -2.03. The van der Waals surface area contributed by atoms with Crippen LogP contribution in [0, 0.1) is 0 Å². The number of hydrogen-bond acceptors (Lipinski definition) is 4. The fraction of sp³-hybridized carbons (Fsp3) is 0.118. The Morgan fingerprint density at radius 1 is 1.00 bits per heavy atom. The summed E-state index contributed by atoms with van der Waals surface area (Å²) in [6, 6.07) is 15.2. The minimum Gasteiger partial charge on any atom is -0.454 e. The fourth-order valence-electron chi connectivity index (χ4n) is 2.60. The molecule has 2 aromatic carbocycles. The molecule has 0 spiro atoms. The summed E-state index contributed by atoms with van der Waals surface area (Å²) >= 11 is 0. The van der Waals surface area contributed by atoms with E-state index in [0.29, 0.717) is 11.4 Å². The predicted octanol–water partition coefficient (Wildman–Crippen LogP) is 3.05. The van der Waals surface area contributed by atoms with Crippen LogP contribution < -0.4 is 9.47 Å². The van der Waals surface area contributed by atoms with Gasteiger partial charge < -0.3 is 14.6 Å². The average molecular weight is 279 g/mol. The highest BCUT2D eigenvalue weighted by molar-refractivity contribution is 5.88. The van der Waals surface area contributed by atoms with Crippen molar-refractivity contribution in [2.45, 2.75) is 6.10 Å². The zero-order chi connectivity index (χ0) is 14.2. The van der Waals surface area contributed by atoms with E-state index < -0.39 is 6.10 Å². The maximum atomic E-state index is 10.6. The summed E-state index contributed by atoms with van der Waals surface area (Å²) in [5.41, 5.74) is 1.44. The molecule has 0 bridgehead atoms. The van der Waals surface area contributed by atoms with Crippen molar-refractivity contribution in [1.82, 2.24) is 4.98 Å². The Kier molecular flexibility index (Phi) is 2.75. The monoisotopic (exact) mass is 279 g/mol. The van der Waals surface area contributed by atoms with E-state index in [1.807, 2.05) is 48.5 Å². The molecule has 1 aliphatic heterocycles. The summed E-state index contributed by atoms with van der Waals surface area (Å²) in [5, 5.41) is 12.4. The lowest BCUT2D eigenvalue weighted by Gasteiger charge is -2.13. The highest BCUT2D eigenvalue weighted by atomic mass is 16.7. The van der Waals surface area contributed by atoms with Gasteiger partial charge in [0.1, 0.15) is 6.10 Å². The molecule has 0 fully saturated rings. The minimum absolute atomic E-state index is 0.232. The molecule has 1 atom stereocenters. The molecule has 4 heteroatoms. The average Bonchev–Trinajstić information content (AvgIpc) is 2.99. The van der Waals surface area contributed by atoms with Gasteiger partial charge in [-0.05, 0) is 29.1 Å². The van der Waals surface area contributed by atoms with Crippen molar-refractivity contribution in [3.63, 3.8) is 0 Å². The van der Waals surface area contributed by atoms with Crippen LogP contribution >= 0.6 is 0 Å². The van der Waals surface area contributed by atoms with Crippen LogP contribution in [-0.4, -0.2) is 16.9 Å². The first-order valence-corrected chi connectivity index (χ1v) is 6.74. The van der Waals surface area contributed by atoms with Gasteiger partial charge in [0.2, 0.25) is 6.79 Å². The molecule has 4 nitrogen and oxygen atoms in total. The van der Waals surface area contributed by atoms with Crippen LogP contribution in [0.25, 0.3) is 10.8 Å². The summed E-state index contributed by atoms with van der Waals surface area (Å²) in [5.74, 6) is 1.42. The Hall–Kier alpha value is -2.59. The van der Waals surface area contributed by atoms with Gasteiger partial charge in [0.25, 0.3) is 0 Å². The van der Waals surface area contributed by atoms with Gasteiger partial charge in [0.15, 0.2) is 11.5 Å². The summed E-state index contributed by atoms with van der Waals surface area (Å²) in [6.07, 6.45) is 0.932. The maximum absolute atomic E-state index is 10.6. The topological polar surface area (TPSA) is 51.6 Å². The summed E-state index contributed by atoms with van der Waals surface area (Å²) < 4.78 is 10.8. The fourth-order valence-corrected chi connectivity index (χ4v) is 2.60. The van der Waals surface area contributed by atoms with Gasteiger partial charge in [-0.3, -0.25) is 4.98 Å². The number of ether oxygens (including phenoxy) is 2. The standard InChI is InChI=1S/C17H13NO3/c19-17(11-4-2-1-3-5-11)16-13-9-15-14(20-10-21-15)8-12(13)6-7-18-16/h1-9,17,19H,10H2. The van der Waals surface area contributed by atoms with Crippen LogP contribution in [0.3, 0.4) is 0 Å². The Balaban J connectivity index is 1.89. The van der Waals surface area contributed by atoms with E-state index in [0.717, 1.165) is 22.1 Å². The number of aromatic nitrogens is 1. The molecule has 2 heterocycles. The first kappa shape index (κ1) is 12.2. The second kappa shape index (κ2) is 4.75. The number of fused-ring (bicyclic) bond motifs is 2.